The number of hydrogen-bond acceptors (Lipinski definition) is 6. The van der Waals surface area contributed by atoms with Gasteiger partial charge in [-0.25, -0.2) is 9.37 Å². The highest BCUT2D eigenvalue weighted by Gasteiger charge is 2.14. The van der Waals surface area contributed by atoms with Crippen LogP contribution in [-0.2, 0) is 12.8 Å². The Morgan fingerprint density at radius 1 is 1.20 bits per heavy atom. The maximum atomic E-state index is 13.0. The lowest BCUT2D eigenvalue weighted by molar-refractivity contribution is 0.529. The molecule has 25 heavy (non-hydrogen) atoms. The van der Waals surface area contributed by atoms with E-state index in [4.69, 9.17) is 4.42 Å². The first-order valence-corrected chi connectivity index (χ1v) is 9.34. The molecule has 4 rings (SSSR count). The van der Waals surface area contributed by atoms with Gasteiger partial charge in [0.15, 0.2) is 16.7 Å². The van der Waals surface area contributed by atoms with Gasteiger partial charge in [-0.3, -0.25) is 0 Å². The van der Waals surface area contributed by atoms with Gasteiger partial charge in [-0.15, -0.1) is 21.5 Å². The number of oxazole rings is 1. The third-order valence-electron chi connectivity index (χ3n) is 3.58. The lowest BCUT2D eigenvalue weighted by Crippen LogP contribution is -1.93. The van der Waals surface area contributed by atoms with E-state index >= 15 is 0 Å². The molecule has 4 aromatic rings. The lowest BCUT2D eigenvalue weighted by atomic mass is 10.2. The van der Waals surface area contributed by atoms with E-state index in [2.05, 4.69) is 15.2 Å². The molecule has 0 bridgehead atoms. The zero-order chi connectivity index (χ0) is 17.2. The first kappa shape index (κ1) is 16.0. The van der Waals surface area contributed by atoms with E-state index in [0.29, 0.717) is 17.4 Å². The number of thiophene rings is 1. The SMILES string of the molecule is Cn1c(SCc2ncc(-c3ccc(F)cc3)o2)nnc1-c1cccs1. The van der Waals surface area contributed by atoms with Crippen molar-refractivity contribution in [1.29, 1.82) is 0 Å². The molecule has 0 amide bonds. The number of aromatic nitrogens is 4. The predicted octanol–water partition coefficient (Wildman–Crippen LogP) is 4.63. The van der Waals surface area contributed by atoms with Crippen LogP contribution in [0.1, 0.15) is 5.89 Å². The fourth-order valence-electron chi connectivity index (χ4n) is 2.31. The highest BCUT2D eigenvalue weighted by Crippen LogP contribution is 2.28. The molecular formula is C17H13FN4OS2. The molecule has 0 fully saturated rings. The van der Waals surface area contributed by atoms with E-state index in [9.17, 15) is 4.39 Å². The Morgan fingerprint density at radius 3 is 2.80 bits per heavy atom. The Bertz CT molecular complexity index is 977. The molecule has 3 heterocycles. The zero-order valence-corrected chi connectivity index (χ0v) is 14.9. The fourth-order valence-corrected chi connectivity index (χ4v) is 3.82. The molecule has 3 aromatic heterocycles. The summed E-state index contributed by atoms with van der Waals surface area (Å²) in [6, 6.07) is 10.2. The smallest absolute Gasteiger partial charge is 0.205 e. The third kappa shape index (κ3) is 3.35. The van der Waals surface area contributed by atoms with Gasteiger partial charge in [-0.2, -0.15) is 0 Å². The second-order valence-electron chi connectivity index (χ2n) is 5.26. The van der Waals surface area contributed by atoms with Crippen molar-refractivity contribution in [2.75, 3.05) is 0 Å². The molecule has 1 aromatic carbocycles. The summed E-state index contributed by atoms with van der Waals surface area (Å²) in [5.41, 5.74) is 0.795. The minimum atomic E-state index is -0.275. The molecule has 0 aliphatic heterocycles. The summed E-state index contributed by atoms with van der Waals surface area (Å²) in [6.07, 6.45) is 1.65. The number of rotatable bonds is 5. The topological polar surface area (TPSA) is 56.7 Å². The van der Waals surface area contributed by atoms with Crippen LogP contribution < -0.4 is 0 Å². The fraction of sp³-hybridized carbons (Fsp3) is 0.118. The average Bonchev–Trinajstić information content (AvgIpc) is 3.34. The van der Waals surface area contributed by atoms with Gasteiger partial charge in [0.2, 0.25) is 5.89 Å². The molecule has 0 aliphatic rings. The van der Waals surface area contributed by atoms with Crippen LogP contribution in [0.2, 0.25) is 0 Å². The van der Waals surface area contributed by atoms with Crippen molar-refractivity contribution in [2.24, 2.45) is 7.05 Å². The van der Waals surface area contributed by atoms with Gasteiger partial charge < -0.3 is 8.98 Å². The summed E-state index contributed by atoms with van der Waals surface area (Å²) >= 11 is 3.14. The quantitative estimate of drug-likeness (QED) is 0.478. The van der Waals surface area contributed by atoms with Gasteiger partial charge in [0.25, 0.3) is 0 Å². The van der Waals surface area contributed by atoms with Crippen molar-refractivity contribution in [3.8, 4) is 22.0 Å². The summed E-state index contributed by atoms with van der Waals surface area (Å²) in [5.74, 6) is 2.31. The Labute approximate surface area is 151 Å². The largest absolute Gasteiger partial charge is 0.440 e. The molecule has 0 saturated carbocycles. The minimum Gasteiger partial charge on any atom is -0.440 e. The standard InChI is InChI=1S/C17H13FN4OS2/c1-22-16(14-3-2-8-24-14)20-21-17(22)25-10-15-19-9-13(23-15)11-4-6-12(18)7-5-11/h2-9H,10H2,1H3. The van der Waals surface area contributed by atoms with Crippen LogP contribution in [-0.4, -0.2) is 19.7 Å². The van der Waals surface area contributed by atoms with Crippen LogP contribution in [0, 0.1) is 5.82 Å². The number of halogens is 1. The first-order chi connectivity index (χ1) is 12.2. The van der Waals surface area contributed by atoms with Crippen LogP contribution in [0.4, 0.5) is 4.39 Å². The van der Waals surface area contributed by atoms with E-state index in [0.717, 1.165) is 21.4 Å². The van der Waals surface area contributed by atoms with Crippen LogP contribution >= 0.6 is 23.1 Å². The van der Waals surface area contributed by atoms with E-state index in [1.165, 1.54) is 23.9 Å². The Balaban J connectivity index is 1.46. The summed E-state index contributed by atoms with van der Waals surface area (Å²) in [5, 5.41) is 11.3. The third-order valence-corrected chi connectivity index (χ3v) is 5.45. The number of thioether (sulfide) groups is 1. The van der Waals surface area contributed by atoms with Crippen molar-refractivity contribution < 1.29 is 8.81 Å². The molecule has 0 spiro atoms. The molecule has 0 radical (unpaired) electrons. The highest BCUT2D eigenvalue weighted by molar-refractivity contribution is 7.98. The monoisotopic (exact) mass is 372 g/mol. The van der Waals surface area contributed by atoms with Crippen LogP contribution in [0.25, 0.3) is 22.0 Å². The molecule has 5 nitrogen and oxygen atoms in total. The maximum Gasteiger partial charge on any atom is 0.205 e. The summed E-state index contributed by atoms with van der Waals surface area (Å²) in [6.45, 7) is 0. The van der Waals surface area contributed by atoms with E-state index in [1.54, 1.807) is 29.7 Å². The van der Waals surface area contributed by atoms with Crippen molar-refractivity contribution in [3.63, 3.8) is 0 Å². The molecule has 0 aliphatic carbocycles. The van der Waals surface area contributed by atoms with Crippen molar-refractivity contribution in [2.45, 2.75) is 10.9 Å². The lowest BCUT2D eigenvalue weighted by Gasteiger charge is -2.01. The molecule has 0 atom stereocenters. The molecule has 0 unspecified atom stereocenters. The molecule has 8 heteroatoms. The van der Waals surface area contributed by atoms with Crippen molar-refractivity contribution >= 4 is 23.1 Å². The minimum absolute atomic E-state index is 0.275. The van der Waals surface area contributed by atoms with Gasteiger partial charge in [-0.05, 0) is 35.7 Å². The summed E-state index contributed by atoms with van der Waals surface area (Å²) in [7, 11) is 1.94. The second kappa shape index (κ2) is 6.81. The Hall–Kier alpha value is -2.45. The number of nitrogens with zero attached hydrogens (tertiary/aromatic N) is 4. The first-order valence-electron chi connectivity index (χ1n) is 7.47. The zero-order valence-electron chi connectivity index (χ0n) is 13.2. The van der Waals surface area contributed by atoms with Gasteiger partial charge >= 0.3 is 0 Å². The molecule has 0 N–H and O–H groups in total. The average molecular weight is 372 g/mol. The second-order valence-corrected chi connectivity index (χ2v) is 7.15. The van der Waals surface area contributed by atoms with E-state index in [-0.39, 0.29) is 5.82 Å². The van der Waals surface area contributed by atoms with Gasteiger partial charge in [0, 0.05) is 12.6 Å². The van der Waals surface area contributed by atoms with Crippen molar-refractivity contribution in [1.82, 2.24) is 19.7 Å². The summed E-state index contributed by atoms with van der Waals surface area (Å²) in [4.78, 5) is 5.36. The van der Waals surface area contributed by atoms with Gasteiger partial charge in [0.1, 0.15) is 5.82 Å². The van der Waals surface area contributed by atoms with Gasteiger partial charge in [0.05, 0.1) is 16.8 Å². The number of hydrogen-bond donors (Lipinski definition) is 0. The van der Waals surface area contributed by atoms with Crippen LogP contribution in [0.15, 0.2) is 57.5 Å². The summed E-state index contributed by atoms with van der Waals surface area (Å²) < 4.78 is 20.7. The van der Waals surface area contributed by atoms with Gasteiger partial charge in [-0.1, -0.05) is 17.8 Å². The predicted molar refractivity (Wildman–Crippen MR) is 95.8 cm³/mol. The Kier molecular flexibility index (Phi) is 4.37. The maximum absolute atomic E-state index is 13.0. The van der Waals surface area contributed by atoms with Crippen LogP contribution in [0.3, 0.4) is 0 Å². The van der Waals surface area contributed by atoms with Crippen molar-refractivity contribution in [3.05, 3.63) is 59.7 Å². The molecule has 0 saturated heterocycles. The van der Waals surface area contributed by atoms with E-state index in [1.807, 2.05) is 29.1 Å². The highest BCUT2D eigenvalue weighted by atomic mass is 32.2. The Morgan fingerprint density at radius 2 is 2.04 bits per heavy atom. The van der Waals surface area contributed by atoms with E-state index < -0.39 is 0 Å². The normalized spacial score (nSPS) is 11.1. The molecule has 126 valence electrons. The van der Waals surface area contributed by atoms with Crippen LogP contribution in [0.5, 0.6) is 0 Å². The molecular weight excluding hydrogens is 359 g/mol. The number of benzene rings is 1.